The minimum absolute atomic E-state index is 0.0898. The number of carbonyl (C=O) groups excluding carboxylic acids is 4. The number of aliphatic hydroxyl groups is 1. The third-order valence-corrected chi connectivity index (χ3v) is 16.7. The Hall–Kier alpha value is -4.10. The van der Waals surface area contributed by atoms with Crippen molar-refractivity contribution in [2.24, 2.45) is 28.6 Å². The fourth-order valence-electron chi connectivity index (χ4n) is 11.4. The van der Waals surface area contributed by atoms with Crippen LogP contribution in [-0.2, 0) is 57.7 Å². The zero-order valence-electron chi connectivity index (χ0n) is 35.9. The number of hydrogen-bond donors (Lipinski definition) is 2. The first-order valence-electron chi connectivity index (χ1n) is 21.8. The molecule has 4 fully saturated rings. The number of phosphoric ester groups is 2. The minimum Gasteiger partial charge on any atom is -0.756 e. The van der Waals surface area contributed by atoms with Gasteiger partial charge in [0.05, 0.1) is 31.0 Å². The summed E-state index contributed by atoms with van der Waals surface area (Å²) >= 11 is 0. The number of anilines is 1. The fraction of sp³-hybridized carbons (Fsp3) is 0.522. The van der Waals surface area contributed by atoms with Crippen LogP contribution in [0.3, 0.4) is 0 Å². The number of Topliss-reactive ketones (excluding diaryl/α,β-unsaturated/α-hetero) is 1. The monoisotopic (exact) mass is 918 g/mol. The van der Waals surface area contributed by atoms with Gasteiger partial charge in [-0.05, 0) is 79.9 Å². The van der Waals surface area contributed by atoms with E-state index in [2.05, 4.69) is 26.0 Å². The molecule has 16 nitrogen and oxygen atoms in total. The number of fused-ring (bicyclic) bond motifs is 9. The Kier molecular flexibility index (Phi) is 13.0. The standard InChI is InChI=1S/C46H54N2O14P2/c1-4-9-42-60-39-25-35-34-17-16-32-24-33(49)20-21-44(32,2)43(34)37(50)26-45(35,3)46(39,61-42)38(51)28-59-64(56,57)62-63(54,55)58-23-22-47-40(52)18-19-41(53)48-27-31-12-6-5-10-29(31)14-15-30-11-7-8-13-36(30)48/h5-8,10-13,20-21,24,34-35,37,39,42-43,50H,4,9,16-19,22-23,25-28H2,1-3H3,(H,47,52)(H,54,55)(H,56,57)/p-2/t34-,35-,37-,39+,42?,43+,44-,45-,46+/m0/s1. The summed E-state index contributed by atoms with van der Waals surface area (Å²) in [6.07, 6.45) is 5.07. The summed E-state index contributed by atoms with van der Waals surface area (Å²) in [5, 5.41) is 14.4. The summed E-state index contributed by atoms with van der Waals surface area (Å²) in [7, 11) is -11.4. The number of ether oxygens (including phenoxy) is 2. The van der Waals surface area contributed by atoms with Crippen molar-refractivity contribution in [1.82, 2.24) is 5.32 Å². The SMILES string of the molecule is CCCC1O[C@@H]2C[C@H]3[C@@H]4CCC5=CC(=O)C=C[C@]5(C)[C@H]4[C@@H](O)C[C@]3(C)[C@]2(C(=O)COP(=O)([O-])OP(=O)([O-])OCCNC(=O)CCC(=O)N2Cc3ccccc3C#Cc3ccccc32)O1. The molecule has 4 aliphatic carbocycles. The third-order valence-electron chi connectivity index (χ3n) is 14.2. The first-order valence-corrected chi connectivity index (χ1v) is 24.7. The average Bonchev–Trinajstić information content (AvgIpc) is 3.72. The van der Waals surface area contributed by atoms with Crippen molar-refractivity contribution in [1.29, 1.82) is 0 Å². The molecule has 0 bridgehead atoms. The van der Waals surface area contributed by atoms with Gasteiger partial charge in [0.25, 0.3) is 15.6 Å². The number of allylic oxidation sites excluding steroid dienone is 4. The third kappa shape index (κ3) is 8.69. The quantitative estimate of drug-likeness (QED) is 0.142. The highest BCUT2D eigenvalue weighted by atomic mass is 31.3. The smallest absolute Gasteiger partial charge is 0.274 e. The second-order valence-electron chi connectivity index (χ2n) is 17.9. The van der Waals surface area contributed by atoms with Gasteiger partial charge in [-0.2, -0.15) is 0 Å². The maximum absolute atomic E-state index is 14.4. The van der Waals surface area contributed by atoms with Crippen LogP contribution in [0, 0.1) is 40.4 Å². The lowest BCUT2D eigenvalue weighted by atomic mass is 9.46. The molecule has 18 heteroatoms. The largest absolute Gasteiger partial charge is 0.756 e. The van der Waals surface area contributed by atoms with Gasteiger partial charge >= 0.3 is 0 Å². The minimum atomic E-state index is -5.75. The summed E-state index contributed by atoms with van der Waals surface area (Å²) in [4.78, 5) is 80.0. The number of hydrogen-bond acceptors (Lipinski definition) is 14. The maximum Gasteiger partial charge on any atom is 0.274 e. The summed E-state index contributed by atoms with van der Waals surface area (Å²) in [6, 6.07) is 14.7. The number of nitrogens with zero attached hydrogens (tertiary/aromatic N) is 1. The molecule has 3 saturated carbocycles. The number of amides is 2. The molecule has 2 heterocycles. The fourth-order valence-corrected chi connectivity index (χ4v) is 13.4. The van der Waals surface area contributed by atoms with E-state index in [4.69, 9.17) is 14.0 Å². The van der Waals surface area contributed by atoms with Crippen molar-refractivity contribution in [2.45, 2.75) is 103 Å². The second kappa shape index (κ2) is 17.9. The molecule has 2 N–H and O–H groups in total. The predicted molar refractivity (Wildman–Crippen MR) is 226 cm³/mol. The Bertz CT molecular complexity index is 2450. The Morgan fingerprint density at radius 3 is 2.52 bits per heavy atom. The van der Waals surface area contributed by atoms with Gasteiger partial charge in [0.15, 0.2) is 23.5 Å². The lowest BCUT2D eigenvalue weighted by molar-refractivity contribution is -0.244. The number of phosphoric acid groups is 2. The van der Waals surface area contributed by atoms with Crippen LogP contribution in [0.5, 0.6) is 0 Å². The molecular formula is C46H52N2O14P2-2. The van der Waals surface area contributed by atoms with E-state index in [-0.39, 0.29) is 61.8 Å². The van der Waals surface area contributed by atoms with Crippen LogP contribution in [0.4, 0.5) is 5.69 Å². The van der Waals surface area contributed by atoms with Crippen LogP contribution in [0.15, 0.2) is 72.3 Å². The average molecular weight is 919 g/mol. The second-order valence-corrected chi connectivity index (χ2v) is 20.9. The van der Waals surface area contributed by atoms with Crippen molar-refractivity contribution in [3.8, 4) is 11.8 Å². The van der Waals surface area contributed by atoms with E-state index in [1.165, 1.54) is 6.08 Å². The molecule has 2 amide bonds. The molecular weight excluding hydrogens is 866 g/mol. The number of rotatable bonds is 15. The van der Waals surface area contributed by atoms with Crippen molar-refractivity contribution >= 4 is 44.7 Å². The number of carbonyl (C=O) groups is 4. The molecule has 342 valence electrons. The Morgan fingerprint density at radius 2 is 1.73 bits per heavy atom. The first-order chi connectivity index (χ1) is 30.4. The first kappa shape index (κ1) is 46.4. The molecule has 2 aliphatic heterocycles. The van der Waals surface area contributed by atoms with Crippen molar-refractivity contribution in [3.63, 3.8) is 0 Å². The van der Waals surface area contributed by atoms with Gasteiger partial charge in [-0.15, -0.1) is 0 Å². The van der Waals surface area contributed by atoms with Gasteiger partial charge in [-0.25, -0.2) is 4.31 Å². The normalized spacial score (nSPS) is 32.9. The summed E-state index contributed by atoms with van der Waals surface area (Å²) in [6.45, 7) is 3.82. The van der Waals surface area contributed by atoms with Crippen LogP contribution in [0.25, 0.3) is 0 Å². The van der Waals surface area contributed by atoms with Crippen molar-refractivity contribution in [2.75, 3.05) is 24.7 Å². The zero-order valence-corrected chi connectivity index (χ0v) is 37.7. The molecule has 11 atom stereocenters. The van der Waals surface area contributed by atoms with Crippen LogP contribution >= 0.6 is 15.6 Å². The zero-order chi connectivity index (χ0) is 45.7. The van der Waals surface area contributed by atoms with Gasteiger partial charge in [0, 0.05) is 47.3 Å². The number of ketones is 2. The highest BCUT2D eigenvalue weighted by Crippen LogP contribution is 2.70. The molecule has 2 aromatic rings. The van der Waals surface area contributed by atoms with E-state index >= 15 is 0 Å². The van der Waals surface area contributed by atoms with Gasteiger partial charge in [-0.3, -0.25) is 28.3 Å². The van der Waals surface area contributed by atoms with Crippen LogP contribution in [0.2, 0.25) is 0 Å². The molecule has 1 saturated heterocycles. The summed E-state index contributed by atoms with van der Waals surface area (Å²) in [5.41, 5.74) is 0.530. The lowest BCUT2D eigenvalue weighted by Crippen LogP contribution is -2.63. The van der Waals surface area contributed by atoms with E-state index in [1.807, 2.05) is 63.2 Å². The van der Waals surface area contributed by atoms with Crippen LogP contribution < -0.4 is 20.0 Å². The van der Waals surface area contributed by atoms with Crippen molar-refractivity contribution < 1.29 is 66.0 Å². The van der Waals surface area contributed by atoms with E-state index in [0.29, 0.717) is 43.4 Å². The summed E-state index contributed by atoms with van der Waals surface area (Å²) in [5.74, 6) is 3.92. The molecule has 8 rings (SSSR count). The lowest BCUT2D eigenvalue weighted by Gasteiger charge is -2.59. The van der Waals surface area contributed by atoms with E-state index in [9.17, 15) is 43.2 Å². The Balaban J connectivity index is 0.849. The molecule has 6 aliphatic rings. The molecule has 0 radical (unpaired) electrons. The number of para-hydroxylation sites is 1. The van der Waals surface area contributed by atoms with Crippen LogP contribution in [0.1, 0.15) is 88.8 Å². The number of aliphatic hydroxyl groups excluding tert-OH is 1. The van der Waals surface area contributed by atoms with Gasteiger partial charge in [-0.1, -0.05) is 81.0 Å². The van der Waals surface area contributed by atoms with E-state index < -0.39 is 75.5 Å². The molecule has 3 unspecified atom stereocenters. The topological polar surface area (TPSA) is 230 Å². The van der Waals surface area contributed by atoms with Crippen molar-refractivity contribution in [3.05, 3.63) is 89.0 Å². The van der Waals surface area contributed by atoms with Gasteiger partial charge in [0.1, 0.15) is 6.61 Å². The number of nitrogens with one attached hydrogen (secondary N) is 1. The molecule has 0 aromatic heterocycles. The molecule has 0 spiro atoms. The maximum atomic E-state index is 14.4. The van der Waals surface area contributed by atoms with Gasteiger partial charge < -0.3 is 43.6 Å². The van der Waals surface area contributed by atoms with Gasteiger partial charge in [0.2, 0.25) is 11.8 Å². The highest BCUT2D eigenvalue weighted by molar-refractivity contribution is 7.59. The van der Waals surface area contributed by atoms with Crippen LogP contribution in [-0.4, -0.2) is 72.3 Å². The number of benzene rings is 2. The van der Waals surface area contributed by atoms with E-state index in [0.717, 1.165) is 16.7 Å². The predicted octanol–water partition coefficient (Wildman–Crippen LogP) is 4.55. The Labute approximate surface area is 371 Å². The molecule has 64 heavy (non-hydrogen) atoms. The Morgan fingerprint density at radius 1 is 1.02 bits per heavy atom. The van der Waals surface area contributed by atoms with E-state index in [1.54, 1.807) is 23.1 Å². The molecule has 2 aromatic carbocycles. The summed E-state index contributed by atoms with van der Waals surface area (Å²) < 4.78 is 52.3. The highest BCUT2D eigenvalue weighted by Gasteiger charge is 2.75.